The lowest BCUT2D eigenvalue weighted by atomic mass is 9.87. The molecule has 5 rings (SSSR count). The number of ether oxygens (including phenoxy) is 2. The summed E-state index contributed by atoms with van der Waals surface area (Å²) in [6, 6.07) is 21.6. The molecule has 0 spiro atoms. The standard InChI is InChI=1S/C31H36N4O5S/c1-31(2,3)23-9-11-24(12-10-23)34-41(37,38)25-13-14-27-26(21-25)28(22-7-5-4-6-8-22)29(33-27)40-30(36)32-15-16-35-17-19-39-20-18-35/h4-14,21,33-34H,15-20H2,1-3H3,(H,32,36). The lowest BCUT2D eigenvalue weighted by molar-refractivity contribution is 0.0385. The number of carbonyl (C=O) groups is 1. The lowest BCUT2D eigenvalue weighted by Crippen LogP contribution is -2.41. The van der Waals surface area contributed by atoms with E-state index in [1.54, 1.807) is 24.3 Å². The van der Waals surface area contributed by atoms with Crippen LogP contribution in [-0.2, 0) is 20.2 Å². The van der Waals surface area contributed by atoms with E-state index in [1.165, 1.54) is 6.07 Å². The highest BCUT2D eigenvalue weighted by molar-refractivity contribution is 7.92. The van der Waals surface area contributed by atoms with Crippen molar-refractivity contribution in [3.8, 4) is 17.0 Å². The molecule has 0 aliphatic carbocycles. The molecule has 4 aromatic rings. The molecule has 0 saturated carbocycles. The van der Waals surface area contributed by atoms with Gasteiger partial charge in [0.25, 0.3) is 10.0 Å². The Morgan fingerprint density at radius 2 is 1.71 bits per heavy atom. The van der Waals surface area contributed by atoms with Crippen molar-refractivity contribution in [2.24, 2.45) is 0 Å². The van der Waals surface area contributed by atoms with Crippen molar-refractivity contribution >= 4 is 32.7 Å². The van der Waals surface area contributed by atoms with E-state index in [-0.39, 0.29) is 16.2 Å². The van der Waals surface area contributed by atoms with Gasteiger partial charge in [-0.05, 0) is 46.9 Å². The number of carbonyl (C=O) groups excluding carboxylic acids is 1. The number of morpholine rings is 1. The number of H-pyrrole nitrogens is 1. The van der Waals surface area contributed by atoms with E-state index >= 15 is 0 Å². The molecule has 3 aromatic carbocycles. The van der Waals surface area contributed by atoms with Crippen LogP contribution < -0.4 is 14.8 Å². The summed E-state index contributed by atoms with van der Waals surface area (Å²) in [7, 11) is -3.89. The monoisotopic (exact) mass is 576 g/mol. The molecule has 0 bridgehead atoms. The molecule has 1 aliphatic rings. The SMILES string of the molecule is CC(C)(C)c1ccc(NS(=O)(=O)c2ccc3[nH]c(OC(=O)NCCN4CCOCC4)c(-c4ccccc4)c3c2)cc1. The van der Waals surface area contributed by atoms with Crippen LogP contribution in [0.3, 0.4) is 0 Å². The lowest BCUT2D eigenvalue weighted by Gasteiger charge is -2.26. The molecule has 1 saturated heterocycles. The number of hydrogen-bond donors (Lipinski definition) is 3. The summed E-state index contributed by atoms with van der Waals surface area (Å²) in [5, 5.41) is 3.43. The molecule has 216 valence electrons. The number of aromatic amines is 1. The Morgan fingerprint density at radius 3 is 2.39 bits per heavy atom. The summed E-state index contributed by atoms with van der Waals surface area (Å²) in [5.41, 5.74) is 3.59. The second-order valence-corrected chi connectivity index (χ2v) is 12.8. The van der Waals surface area contributed by atoms with Gasteiger partial charge in [0.1, 0.15) is 0 Å². The minimum absolute atomic E-state index is 0.0377. The number of nitrogens with zero attached hydrogens (tertiary/aromatic N) is 1. The molecule has 1 aromatic heterocycles. The maximum absolute atomic E-state index is 13.4. The van der Waals surface area contributed by atoms with E-state index in [4.69, 9.17) is 9.47 Å². The van der Waals surface area contributed by atoms with Gasteiger partial charge in [0.05, 0.1) is 23.7 Å². The third-order valence-electron chi connectivity index (χ3n) is 7.11. The average Bonchev–Trinajstić information content (AvgIpc) is 3.30. The summed E-state index contributed by atoms with van der Waals surface area (Å²) in [6.07, 6.45) is -0.588. The van der Waals surface area contributed by atoms with Gasteiger partial charge >= 0.3 is 6.09 Å². The number of amides is 1. The summed E-state index contributed by atoms with van der Waals surface area (Å²) in [4.78, 5) is 18.2. The van der Waals surface area contributed by atoms with Crippen LogP contribution in [0.4, 0.5) is 10.5 Å². The van der Waals surface area contributed by atoms with Gasteiger partial charge in [0.15, 0.2) is 0 Å². The Hall–Kier alpha value is -3.86. The number of rotatable bonds is 8. The zero-order chi connectivity index (χ0) is 29.0. The number of hydrogen-bond acceptors (Lipinski definition) is 6. The number of aromatic nitrogens is 1. The third-order valence-corrected chi connectivity index (χ3v) is 8.49. The number of anilines is 1. The average molecular weight is 577 g/mol. The summed E-state index contributed by atoms with van der Waals surface area (Å²) < 4.78 is 40.5. The Labute approximate surface area is 240 Å². The van der Waals surface area contributed by atoms with Crippen molar-refractivity contribution in [1.82, 2.24) is 15.2 Å². The molecule has 1 aliphatic heterocycles. The predicted octanol–water partition coefficient (Wildman–Crippen LogP) is 5.35. The maximum Gasteiger partial charge on any atom is 0.413 e. The molecular formula is C31H36N4O5S. The first-order valence-electron chi connectivity index (χ1n) is 13.7. The summed E-state index contributed by atoms with van der Waals surface area (Å²) >= 11 is 0. The van der Waals surface area contributed by atoms with Crippen LogP contribution in [0.5, 0.6) is 5.88 Å². The van der Waals surface area contributed by atoms with Gasteiger partial charge in [0, 0.05) is 42.8 Å². The number of nitrogens with one attached hydrogen (secondary N) is 3. The normalized spacial score (nSPS) is 14.6. The van der Waals surface area contributed by atoms with Crippen molar-refractivity contribution in [3.63, 3.8) is 0 Å². The van der Waals surface area contributed by atoms with E-state index in [2.05, 4.69) is 40.7 Å². The Morgan fingerprint density at radius 1 is 1.00 bits per heavy atom. The van der Waals surface area contributed by atoms with Crippen LogP contribution in [0.25, 0.3) is 22.0 Å². The number of sulfonamides is 1. The molecule has 10 heteroatoms. The Balaban J connectivity index is 1.39. The van der Waals surface area contributed by atoms with Gasteiger partial charge in [-0.1, -0.05) is 63.2 Å². The highest BCUT2D eigenvalue weighted by Crippen LogP contribution is 2.38. The maximum atomic E-state index is 13.4. The van der Waals surface area contributed by atoms with Crippen LogP contribution in [0.1, 0.15) is 26.3 Å². The predicted molar refractivity (Wildman–Crippen MR) is 161 cm³/mol. The van der Waals surface area contributed by atoms with Crippen LogP contribution >= 0.6 is 0 Å². The van der Waals surface area contributed by atoms with Gasteiger partial charge in [-0.2, -0.15) is 0 Å². The van der Waals surface area contributed by atoms with Gasteiger partial charge < -0.3 is 19.8 Å². The zero-order valence-corrected chi connectivity index (χ0v) is 24.4. The van der Waals surface area contributed by atoms with Gasteiger partial charge in [-0.25, -0.2) is 13.2 Å². The van der Waals surface area contributed by atoms with E-state index in [0.717, 1.165) is 24.2 Å². The van der Waals surface area contributed by atoms with Gasteiger partial charge in [-0.15, -0.1) is 0 Å². The van der Waals surface area contributed by atoms with Crippen molar-refractivity contribution in [2.45, 2.75) is 31.1 Å². The number of benzene rings is 3. The molecule has 0 radical (unpaired) electrons. The van der Waals surface area contributed by atoms with Crippen molar-refractivity contribution in [3.05, 3.63) is 78.4 Å². The fourth-order valence-corrected chi connectivity index (χ4v) is 5.89. The molecule has 1 amide bonds. The second-order valence-electron chi connectivity index (χ2n) is 11.1. The van der Waals surface area contributed by atoms with Crippen LogP contribution in [0.2, 0.25) is 0 Å². The first-order chi connectivity index (χ1) is 19.6. The molecule has 3 N–H and O–H groups in total. The van der Waals surface area contributed by atoms with Crippen molar-refractivity contribution < 1.29 is 22.7 Å². The summed E-state index contributed by atoms with van der Waals surface area (Å²) in [6.45, 7) is 10.5. The first kappa shape index (κ1) is 28.7. The molecule has 41 heavy (non-hydrogen) atoms. The molecule has 1 fully saturated rings. The molecule has 0 atom stereocenters. The van der Waals surface area contributed by atoms with E-state index < -0.39 is 16.1 Å². The van der Waals surface area contributed by atoms with E-state index in [9.17, 15) is 13.2 Å². The quantitative estimate of drug-likeness (QED) is 0.261. The Bertz CT molecular complexity index is 1600. The fourth-order valence-electron chi connectivity index (χ4n) is 4.80. The Kier molecular flexibility index (Phi) is 8.35. The van der Waals surface area contributed by atoms with Crippen LogP contribution in [0, 0.1) is 0 Å². The second kappa shape index (κ2) is 11.9. The van der Waals surface area contributed by atoms with Gasteiger partial charge in [-0.3, -0.25) is 9.62 Å². The van der Waals surface area contributed by atoms with Gasteiger partial charge in [0.2, 0.25) is 5.88 Å². The molecule has 0 unspecified atom stereocenters. The zero-order valence-electron chi connectivity index (χ0n) is 23.6. The highest BCUT2D eigenvalue weighted by Gasteiger charge is 2.22. The third kappa shape index (κ3) is 6.90. The van der Waals surface area contributed by atoms with E-state index in [0.29, 0.717) is 48.5 Å². The smallest absolute Gasteiger partial charge is 0.393 e. The minimum Gasteiger partial charge on any atom is -0.393 e. The molecule has 2 heterocycles. The first-order valence-corrected chi connectivity index (χ1v) is 15.2. The molecule has 9 nitrogen and oxygen atoms in total. The van der Waals surface area contributed by atoms with Crippen LogP contribution in [-0.4, -0.2) is 63.8 Å². The van der Waals surface area contributed by atoms with Crippen molar-refractivity contribution in [2.75, 3.05) is 44.1 Å². The fraction of sp³-hybridized carbons (Fsp3) is 0.323. The van der Waals surface area contributed by atoms with Crippen LogP contribution in [0.15, 0.2) is 77.7 Å². The highest BCUT2D eigenvalue weighted by atomic mass is 32.2. The van der Waals surface area contributed by atoms with Crippen molar-refractivity contribution in [1.29, 1.82) is 0 Å². The number of fused-ring (bicyclic) bond motifs is 1. The van der Waals surface area contributed by atoms with E-state index in [1.807, 2.05) is 42.5 Å². The minimum atomic E-state index is -3.89. The summed E-state index contributed by atoms with van der Waals surface area (Å²) in [5.74, 6) is 0.246. The largest absolute Gasteiger partial charge is 0.413 e. The topological polar surface area (TPSA) is 113 Å². The molecular weight excluding hydrogens is 540 g/mol.